The molecule has 33 heavy (non-hydrogen) atoms. The summed E-state index contributed by atoms with van der Waals surface area (Å²) in [6.45, 7) is 12.3. The van der Waals surface area contributed by atoms with Gasteiger partial charge in [-0.1, -0.05) is 45.9 Å². The number of carbonyl (C=O) groups is 1. The van der Waals surface area contributed by atoms with Crippen LogP contribution in [0.4, 0.5) is 5.69 Å². The Balaban J connectivity index is 1.64. The van der Waals surface area contributed by atoms with Gasteiger partial charge >= 0.3 is 0 Å². The molecule has 2 aliphatic heterocycles. The van der Waals surface area contributed by atoms with E-state index in [1.807, 2.05) is 46.2 Å². The van der Waals surface area contributed by atoms with Gasteiger partial charge in [-0.3, -0.25) is 9.78 Å². The summed E-state index contributed by atoms with van der Waals surface area (Å²) in [6.07, 6.45) is 6.48. The summed E-state index contributed by atoms with van der Waals surface area (Å²) in [7, 11) is 0. The van der Waals surface area contributed by atoms with Crippen LogP contribution in [-0.2, 0) is 21.0 Å². The molecule has 0 bridgehead atoms. The number of hydrogen-bond donors (Lipinski definition) is 1. The van der Waals surface area contributed by atoms with Crippen molar-refractivity contribution in [3.05, 3.63) is 47.8 Å². The number of aliphatic imine (C=N–C) groups is 1. The molecular formula is C26H34N4O3. The van der Waals surface area contributed by atoms with Gasteiger partial charge in [0.05, 0.1) is 11.9 Å². The van der Waals surface area contributed by atoms with Gasteiger partial charge in [0, 0.05) is 36.7 Å². The molecule has 4 rings (SSSR count). The van der Waals surface area contributed by atoms with Crippen LogP contribution in [0.15, 0.2) is 41.7 Å². The molecule has 2 aliphatic rings. The molecule has 0 radical (unpaired) electrons. The summed E-state index contributed by atoms with van der Waals surface area (Å²) in [5.41, 5.74) is 9.17. The number of aryl methyl sites for hydroxylation is 1. The van der Waals surface area contributed by atoms with Crippen molar-refractivity contribution in [2.75, 3.05) is 18.0 Å². The van der Waals surface area contributed by atoms with Crippen molar-refractivity contribution in [2.24, 2.45) is 22.1 Å². The minimum atomic E-state index is -1.55. The molecule has 3 heterocycles. The standard InChI is InChI=1S/C26H34N4O3/c1-17-7-6-12-30(16-17)22-15-28-11-10-21(22)19-8-9-20(18(2)13-19)14-26(23(27)31)29-24(32-33-26)25(3,4)5/h8-11,13,15,17H,6-7,12,14,16H2,1-5H3,(H2,27,31). The third kappa shape index (κ3) is 4.74. The van der Waals surface area contributed by atoms with E-state index in [2.05, 4.69) is 40.0 Å². The Morgan fingerprint density at radius 1 is 1.30 bits per heavy atom. The fourth-order valence-electron chi connectivity index (χ4n) is 4.47. The van der Waals surface area contributed by atoms with Crippen LogP contribution in [0.25, 0.3) is 11.1 Å². The molecule has 2 unspecified atom stereocenters. The van der Waals surface area contributed by atoms with Gasteiger partial charge in [0.25, 0.3) is 11.6 Å². The van der Waals surface area contributed by atoms with E-state index in [9.17, 15) is 4.79 Å². The van der Waals surface area contributed by atoms with E-state index in [4.69, 9.17) is 15.5 Å². The Bertz CT molecular complexity index is 1080. The summed E-state index contributed by atoms with van der Waals surface area (Å²) < 4.78 is 0. The average Bonchev–Trinajstić information content (AvgIpc) is 3.21. The molecular weight excluding hydrogens is 416 g/mol. The number of rotatable bonds is 5. The Hall–Kier alpha value is -2.93. The molecule has 1 fully saturated rings. The number of primary amides is 1. The topological polar surface area (TPSA) is 90.0 Å². The minimum absolute atomic E-state index is 0.209. The largest absolute Gasteiger partial charge is 0.370 e. The van der Waals surface area contributed by atoms with E-state index < -0.39 is 11.6 Å². The highest BCUT2D eigenvalue weighted by Crippen LogP contribution is 2.36. The van der Waals surface area contributed by atoms with Crippen LogP contribution < -0.4 is 10.6 Å². The second-order valence-electron chi connectivity index (χ2n) is 10.4. The van der Waals surface area contributed by atoms with Gasteiger partial charge in [-0.15, -0.1) is 4.89 Å². The van der Waals surface area contributed by atoms with Crippen molar-refractivity contribution >= 4 is 17.5 Å². The molecule has 2 atom stereocenters. The number of piperidine rings is 1. The second kappa shape index (κ2) is 8.78. The Kier molecular flexibility index (Phi) is 6.18. The minimum Gasteiger partial charge on any atom is -0.370 e. The van der Waals surface area contributed by atoms with E-state index in [0.29, 0.717) is 11.8 Å². The third-order valence-corrected chi connectivity index (χ3v) is 6.45. The SMILES string of the molecule is Cc1cc(-c2ccncc2N2CCCC(C)C2)ccc1CC1(C(N)=O)N=C(C(C)(C)C)OO1. The Morgan fingerprint density at radius 3 is 2.73 bits per heavy atom. The lowest BCUT2D eigenvalue weighted by Crippen LogP contribution is -2.44. The summed E-state index contributed by atoms with van der Waals surface area (Å²) in [5, 5.41) is 0. The predicted octanol–water partition coefficient (Wildman–Crippen LogP) is 4.42. The van der Waals surface area contributed by atoms with E-state index in [1.54, 1.807) is 0 Å². The zero-order chi connectivity index (χ0) is 23.8. The van der Waals surface area contributed by atoms with Crippen LogP contribution in [0.2, 0.25) is 0 Å². The quantitative estimate of drug-likeness (QED) is 0.681. The van der Waals surface area contributed by atoms with E-state index in [0.717, 1.165) is 41.0 Å². The number of aromatic nitrogens is 1. The highest BCUT2D eigenvalue weighted by molar-refractivity contribution is 5.91. The van der Waals surface area contributed by atoms with Crippen LogP contribution >= 0.6 is 0 Å². The number of hydrogen-bond acceptors (Lipinski definition) is 6. The smallest absolute Gasteiger partial charge is 0.289 e. The predicted molar refractivity (Wildman–Crippen MR) is 130 cm³/mol. The van der Waals surface area contributed by atoms with E-state index >= 15 is 0 Å². The highest BCUT2D eigenvalue weighted by Gasteiger charge is 2.48. The Labute approximate surface area is 195 Å². The van der Waals surface area contributed by atoms with Gasteiger partial charge in [-0.2, -0.15) is 0 Å². The van der Waals surface area contributed by atoms with Gasteiger partial charge in [0.2, 0.25) is 5.90 Å². The first kappa shape index (κ1) is 23.2. The number of benzene rings is 1. The summed E-state index contributed by atoms with van der Waals surface area (Å²) in [4.78, 5) is 34.4. The maximum atomic E-state index is 12.3. The summed E-state index contributed by atoms with van der Waals surface area (Å²) >= 11 is 0. The first-order valence-electron chi connectivity index (χ1n) is 11.6. The number of pyridine rings is 1. The lowest BCUT2D eigenvalue weighted by atomic mass is 9.93. The van der Waals surface area contributed by atoms with Crippen LogP contribution in [0.3, 0.4) is 0 Å². The molecule has 0 spiro atoms. The van der Waals surface area contributed by atoms with E-state index in [-0.39, 0.29) is 11.8 Å². The number of carbonyl (C=O) groups excluding carboxylic acids is 1. The van der Waals surface area contributed by atoms with Gasteiger partial charge in [-0.05, 0) is 48.4 Å². The molecule has 2 aromatic rings. The van der Waals surface area contributed by atoms with Gasteiger partial charge in [0.1, 0.15) is 0 Å². The Morgan fingerprint density at radius 2 is 2.09 bits per heavy atom. The van der Waals surface area contributed by atoms with Crippen LogP contribution in [-0.4, -0.2) is 35.6 Å². The molecule has 7 heteroatoms. The van der Waals surface area contributed by atoms with Crippen LogP contribution in [0, 0.1) is 18.3 Å². The van der Waals surface area contributed by atoms with Crippen molar-refractivity contribution in [1.29, 1.82) is 0 Å². The lowest BCUT2D eigenvalue weighted by molar-refractivity contribution is -0.273. The number of amides is 1. The van der Waals surface area contributed by atoms with E-state index in [1.165, 1.54) is 12.8 Å². The van der Waals surface area contributed by atoms with Gasteiger partial charge < -0.3 is 15.5 Å². The fraction of sp³-hybridized carbons (Fsp3) is 0.500. The highest BCUT2D eigenvalue weighted by atomic mass is 17.2. The molecule has 1 aromatic heterocycles. The average molecular weight is 451 g/mol. The molecule has 7 nitrogen and oxygen atoms in total. The van der Waals surface area contributed by atoms with Gasteiger partial charge in [0.15, 0.2) is 0 Å². The van der Waals surface area contributed by atoms with Crippen molar-refractivity contribution in [3.8, 4) is 11.1 Å². The monoisotopic (exact) mass is 450 g/mol. The van der Waals surface area contributed by atoms with Crippen molar-refractivity contribution in [2.45, 2.75) is 59.6 Å². The van der Waals surface area contributed by atoms with Gasteiger partial charge in [-0.25, -0.2) is 4.99 Å². The van der Waals surface area contributed by atoms with Crippen LogP contribution in [0.1, 0.15) is 51.7 Å². The second-order valence-corrected chi connectivity index (χ2v) is 10.4. The molecule has 0 saturated carbocycles. The lowest BCUT2D eigenvalue weighted by Gasteiger charge is -2.34. The number of nitrogens with two attached hydrogens (primary N) is 1. The maximum absolute atomic E-state index is 12.3. The number of anilines is 1. The summed E-state index contributed by atoms with van der Waals surface area (Å²) in [6, 6.07) is 8.31. The molecule has 1 amide bonds. The first-order chi connectivity index (χ1) is 15.6. The number of nitrogens with zero attached hydrogens (tertiary/aromatic N) is 3. The third-order valence-electron chi connectivity index (χ3n) is 6.45. The maximum Gasteiger partial charge on any atom is 0.289 e. The fourth-order valence-corrected chi connectivity index (χ4v) is 4.47. The van der Waals surface area contributed by atoms with Crippen molar-refractivity contribution < 1.29 is 14.6 Å². The zero-order valence-electron chi connectivity index (χ0n) is 20.2. The molecule has 1 aromatic carbocycles. The van der Waals surface area contributed by atoms with Crippen molar-refractivity contribution in [1.82, 2.24) is 4.98 Å². The normalized spacial score (nSPS) is 23.2. The molecule has 0 aliphatic carbocycles. The zero-order valence-corrected chi connectivity index (χ0v) is 20.2. The van der Waals surface area contributed by atoms with Crippen molar-refractivity contribution in [3.63, 3.8) is 0 Å². The molecule has 2 N–H and O–H groups in total. The first-order valence-corrected chi connectivity index (χ1v) is 11.6. The van der Waals surface area contributed by atoms with Crippen LogP contribution in [0.5, 0.6) is 0 Å². The molecule has 176 valence electrons. The summed E-state index contributed by atoms with van der Waals surface area (Å²) in [5.74, 6) is 0.377. The molecule has 1 saturated heterocycles.